The van der Waals surface area contributed by atoms with Gasteiger partial charge in [0.25, 0.3) is 0 Å². The van der Waals surface area contributed by atoms with E-state index >= 15 is 0 Å². The second kappa shape index (κ2) is 4.27. The molecule has 1 aliphatic carbocycles. The lowest BCUT2D eigenvalue weighted by molar-refractivity contribution is 0.135. The van der Waals surface area contributed by atoms with Gasteiger partial charge >= 0.3 is 0 Å². The Labute approximate surface area is 99.6 Å². The summed E-state index contributed by atoms with van der Waals surface area (Å²) in [6.45, 7) is 11.7. The zero-order valence-corrected chi connectivity index (χ0v) is 10.9. The molecule has 0 aromatic heterocycles. The SMILES string of the molecule is C=C(C)C1CCCCC1C1=CC(C)(C)CO1. The van der Waals surface area contributed by atoms with Gasteiger partial charge in [0.15, 0.2) is 0 Å². The average Bonchev–Trinajstić information content (AvgIpc) is 2.59. The first-order chi connectivity index (χ1) is 7.49. The van der Waals surface area contributed by atoms with Crippen molar-refractivity contribution < 1.29 is 4.74 Å². The minimum atomic E-state index is 0.229. The third kappa shape index (κ3) is 2.34. The second-order valence-corrected chi connectivity index (χ2v) is 6.17. The van der Waals surface area contributed by atoms with Crippen molar-refractivity contribution >= 4 is 0 Å². The van der Waals surface area contributed by atoms with Crippen LogP contribution in [0.2, 0.25) is 0 Å². The maximum atomic E-state index is 5.91. The lowest BCUT2D eigenvalue weighted by atomic mass is 9.74. The topological polar surface area (TPSA) is 9.23 Å². The van der Waals surface area contributed by atoms with Gasteiger partial charge in [-0.05, 0) is 31.8 Å². The van der Waals surface area contributed by atoms with Gasteiger partial charge in [-0.15, -0.1) is 0 Å². The van der Waals surface area contributed by atoms with Gasteiger partial charge in [0.2, 0.25) is 0 Å². The Bertz CT molecular complexity index is 311. The van der Waals surface area contributed by atoms with Crippen molar-refractivity contribution in [2.45, 2.75) is 46.5 Å². The normalized spacial score (nSPS) is 33.1. The molecule has 1 fully saturated rings. The van der Waals surface area contributed by atoms with Gasteiger partial charge in [0, 0.05) is 11.3 Å². The van der Waals surface area contributed by atoms with Crippen molar-refractivity contribution in [1.29, 1.82) is 0 Å². The van der Waals surface area contributed by atoms with Crippen molar-refractivity contribution in [2.75, 3.05) is 6.61 Å². The van der Waals surface area contributed by atoms with E-state index in [1.165, 1.54) is 37.0 Å². The summed E-state index contributed by atoms with van der Waals surface area (Å²) in [5, 5.41) is 0. The molecular weight excluding hydrogens is 196 g/mol. The minimum absolute atomic E-state index is 0.229. The molecule has 1 heterocycles. The number of hydrogen-bond acceptors (Lipinski definition) is 1. The van der Waals surface area contributed by atoms with E-state index in [4.69, 9.17) is 4.74 Å². The summed E-state index contributed by atoms with van der Waals surface area (Å²) in [4.78, 5) is 0. The van der Waals surface area contributed by atoms with Crippen LogP contribution < -0.4 is 0 Å². The molecule has 2 unspecified atom stereocenters. The summed E-state index contributed by atoms with van der Waals surface area (Å²) >= 11 is 0. The summed E-state index contributed by atoms with van der Waals surface area (Å²) in [5.74, 6) is 2.50. The lowest BCUT2D eigenvalue weighted by Gasteiger charge is -2.32. The van der Waals surface area contributed by atoms with Crippen LogP contribution in [0.25, 0.3) is 0 Å². The molecule has 1 heteroatoms. The van der Waals surface area contributed by atoms with Crippen LogP contribution in [0.15, 0.2) is 24.0 Å². The van der Waals surface area contributed by atoms with Crippen molar-refractivity contribution in [3.05, 3.63) is 24.0 Å². The van der Waals surface area contributed by atoms with E-state index in [0.717, 1.165) is 6.61 Å². The van der Waals surface area contributed by atoms with Crippen LogP contribution in [0.3, 0.4) is 0 Å². The van der Waals surface area contributed by atoms with E-state index in [9.17, 15) is 0 Å². The summed E-state index contributed by atoms with van der Waals surface area (Å²) in [6, 6.07) is 0. The standard InChI is InChI=1S/C15H24O/c1-11(2)12-7-5-6-8-13(12)14-9-15(3,4)10-16-14/h9,12-13H,1,5-8,10H2,2-4H3. The molecule has 0 N–H and O–H groups in total. The van der Waals surface area contributed by atoms with E-state index in [0.29, 0.717) is 11.8 Å². The third-order valence-electron chi connectivity index (χ3n) is 3.91. The number of rotatable bonds is 2. The molecule has 1 nitrogen and oxygen atoms in total. The third-order valence-corrected chi connectivity index (χ3v) is 3.91. The Morgan fingerprint density at radius 2 is 2.06 bits per heavy atom. The van der Waals surface area contributed by atoms with Gasteiger partial charge in [-0.25, -0.2) is 0 Å². The molecule has 2 rings (SSSR count). The van der Waals surface area contributed by atoms with Gasteiger partial charge in [0.1, 0.15) is 0 Å². The van der Waals surface area contributed by atoms with Crippen LogP contribution in [0, 0.1) is 17.3 Å². The monoisotopic (exact) mass is 220 g/mol. The fourth-order valence-corrected chi connectivity index (χ4v) is 3.01. The lowest BCUT2D eigenvalue weighted by Crippen LogP contribution is -2.22. The number of allylic oxidation sites excluding steroid dienone is 2. The summed E-state index contributed by atoms with van der Waals surface area (Å²) in [7, 11) is 0. The van der Waals surface area contributed by atoms with Gasteiger partial charge in [-0.3, -0.25) is 0 Å². The molecule has 0 bridgehead atoms. The minimum Gasteiger partial charge on any atom is -0.497 e. The van der Waals surface area contributed by atoms with Crippen molar-refractivity contribution in [3.8, 4) is 0 Å². The van der Waals surface area contributed by atoms with E-state index in [-0.39, 0.29) is 5.41 Å². The van der Waals surface area contributed by atoms with Crippen molar-refractivity contribution in [3.63, 3.8) is 0 Å². The molecule has 0 aromatic carbocycles. The molecule has 2 atom stereocenters. The Morgan fingerprint density at radius 3 is 2.62 bits per heavy atom. The molecule has 1 aliphatic heterocycles. The van der Waals surface area contributed by atoms with Crippen LogP contribution in [-0.4, -0.2) is 6.61 Å². The predicted octanol–water partition coefficient (Wildman–Crippen LogP) is 4.31. The molecule has 2 aliphatic rings. The molecule has 0 spiro atoms. The van der Waals surface area contributed by atoms with E-state index in [2.05, 4.69) is 33.4 Å². The summed E-state index contributed by atoms with van der Waals surface area (Å²) in [5.41, 5.74) is 1.56. The number of ether oxygens (including phenoxy) is 1. The highest BCUT2D eigenvalue weighted by molar-refractivity contribution is 5.16. The molecular formula is C15H24O. The summed E-state index contributed by atoms with van der Waals surface area (Å²) < 4.78 is 5.91. The molecule has 1 saturated carbocycles. The first-order valence-corrected chi connectivity index (χ1v) is 6.50. The molecule has 0 aromatic rings. The summed E-state index contributed by atoms with van der Waals surface area (Å²) in [6.07, 6.45) is 7.61. The smallest absolute Gasteiger partial charge is 0.0964 e. The van der Waals surface area contributed by atoms with Crippen LogP contribution in [0.4, 0.5) is 0 Å². The van der Waals surface area contributed by atoms with Crippen molar-refractivity contribution in [2.24, 2.45) is 17.3 Å². The second-order valence-electron chi connectivity index (χ2n) is 6.17. The Morgan fingerprint density at radius 1 is 1.38 bits per heavy atom. The zero-order valence-electron chi connectivity index (χ0n) is 10.9. The van der Waals surface area contributed by atoms with E-state index < -0.39 is 0 Å². The molecule has 0 saturated heterocycles. The van der Waals surface area contributed by atoms with Gasteiger partial charge < -0.3 is 4.74 Å². The molecule has 0 radical (unpaired) electrons. The Balaban J connectivity index is 2.15. The first kappa shape index (κ1) is 11.8. The Kier molecular flexibility index (Phi) is 3.14. The van der Waals surface area contributed by atoms with Gasteiger partial charge in [-0.2, -0.15) is 0 Å². The maximum Gasteiger partial charge on any atom is 0.0964 e. The molecule has 16 heavy (non-hydrogen) atoms. The van der Waals surface area contributed by atoms with Crippen LogP contribution in [0.1, 0.15) is 46.5 Å². The van der Waals surface area contributed by atoms with Gasteiger partial charge in [0.05, 0.1) is 12.4 Å². The fraction of sp³-hybridized carbons (Fsp3) is 0.733. The van der Waals surface area contributed by atoms with Crippen LogP contribution >= 0.6 is 0 Å². The highest BCUT2D eigenvalue weighted by Gasteiger charge is 2.34. The highest BCUT2D eigenvalue weighted by atomic mass is 16.5. The first-order valence-electron chi connectivity index (χ1n) is 6.50. The average molecular weight is 220 g/mol. The quantitative estimate of drug-likeness (QED) is 0.630. The van der Waals surface area contributed by atoms with E-state index in [1.54, 1.807) is 0 Å². The zero-order chi connectivity index (χ0) is 11.8. The van der Waals surface area contributed by atoms with Gasteiger partial charge in [-0.1, -0.05) is 38.8 Å². The highest BCUT2D eigenvalue weighted by Crippen LogP contribution is 2.43. The molecule has 90 valence electrons. The van der Waals surface area contributed by atoms with Crippen molar-refractivity contribution in [1.82, 2.24) is 0 Å². The molecule has 0 amide bonds. The fourth-order valence-electron chi connectivity index (χ4n) is 3.01. The Hall–Kier alpha value is -0.720. The largest absolute Gasteiger partial charge is 0.497 e. The number of hydrogen-bond donors (Lipinski definition) is 0. The van der Waals surface area contributed by atoms with Crippen LogP contribution in [0.5, 0.6) is 0 Å². The predicted molar refractivity (Wildman–Crippen MR) is 68.1 cm³/mol. The van der Waals surface area contributed by atoms with E-state index in [1.807, 2.05) is 0 Å². The van der Waals surface area contributed by atoms with Crippen LogP contribution in [-0.2, 0) is 4.74 Å². The maximum absolute atomic E-state index is 5.91.